The summed E-state index contributed by atoms with van der Waals surface area (Å²) in [5.74, 6) is 0.176. The normalized spacial score (nSPS) is 17.8. The van der Waals surface area contributed by atoms with E-state index in [4.69, 9.17) is 17.3 Å². The minimum Gasteiger partial charge on any atom is -0.506 e. The van der Waals surface area contributed by atoms with Crippen LogP contribution in [0.15, 0.2) is 16.6 Å². The minimum absolute atomic E-state index is 0.0198. The van der Waals surface area contributed by atoms with Gasteiger partial charge in [0.05, 0.1) is 5.02 Å². The first kappa shape index (κ1) is 11.2. The largest absolute Gasteiger partial charge is 0.506 e. The van der Waals surface area contributed by atoms with Crippen LogP contribution in [0.5, 0.6) is 5.75 Å². The van der Waals surface area contributed by atoms with Gasteiger partial charge in [-0.2, -0.15) is 0 Å². The second-order valence-corrected chi connectivity index (χ2v) is 5.46. The van der Waals surface area contributed by atoms with Crippen LogP contribution in [0.3, 0.4) is 0 Å². The number of aromatic hydroxyl groups is 1. The van der Waals surface area contributed by atoms with Crippen LogP contribution in [-0.4, -0.2) is 10.6 Å². The van der Waals surface area contributed by atoms with Crippen LogP contribution in [0.2, 0.25) is 5.02 Å². The first-order chi connectivity index (χ1) is 7.02. The van der Waals surface area contributed by atoms with Gasteiger partial charge in [0.15, 0.2) is 0 Å². The molecule has 0 bridgehead atoms. The molecule has 1 fully saturated rings. The topological polar surface area (TPSA) is 46.2 Å². The van der Waals surface area contributed by atoms with Gasteiger partial charge in [0, 0.05) is 10.0 Å². The van der Waals surface area contributed by atoms with Crippen molar-refractivity contribution in [3.8, 4) is 5.75 Å². The molecular weight excluding hydrogens is 277 g/mol. The molecule has 0 heterocycles. The molecule has 3 N–H and O–H groups in total. The summed E-state index contributed by atoms with van der Waals surface area (Å²) in [6, 6.07) is 3.74. The number of benzene rings is 1. The SMILES string of the molecule is NC1(CCc2ccc(Br)c(Cl)c2O)CC1. The van der Waals surface area contributed by atoms with Gasteiger partial charge >= 0.3 is 0 Å². The number of phenols is 1. The molecule has 15 heavy (non-hydrogen) atoms. The van der Waals surface area contributed by atoms with Crippen molar-refractivity contribution in [2.24, 2.45) is 5.73 Å². The van der Waals surface area contributed by atoms with Crippen LogP contribution in [-0.2, 0) is 6.42 Å². The lowest BCUT2D eigenvalue weighted by atomic mass is 10.0. The van der Waals surface area contributed by atoms with E-state index in [-0.39, 0.29) is 11.3 Å². The number of nitrogens with two attached hydrogens (primary N) is 1. The summed E-state index contributed by atoms with van der Waals surface area (Å²) in [5.41, 5.74) is 6.88. The maximum Gasteiger partial charge on any atom is 0.138 e. The van der Waals surface area contributed by atoms with Crippen molar-refractivity contribution in [1.82, 2.24) is 0 Å². The van der Waals surface area contributed by atoms with Crippen molar-refractivity contribution in [2.75, 3.05) is 0 Å². The van der Waals surface area contributed by atoms with Gasteiger partial charge in [-0.25, -0.2) is 0 Å². The van der Waals surface area contributed by atoms with Crippen molar-refractivity contribution in [2.45, 2.75) is 31.2 Å². The fraction of sp³-hybridized carbons (Fsp3) is 0.455. The van der Waals surface area contributed by atoms with Gasteiger partial charge < -0.3 is 10.8 Å². The van der Waals surface area contributed by atoms with Crippen LogP contribution in [0.4, 0.5) is 0 Å². The highest BCUT2D eigenvalue weighted by atomic mass is 79.9. The van der Waals surface area contributed by atoms with E-state index in [2.05, 4.69) is 15.9 Å². The second kappa shape index (κ2) is 3.96. The Kier molecular flexibility index (Phi) is 2.97. The van der Waals surface area contributed by atoms with Crippen molar-refractivity contribution < 1.29 is 5.11 Å². The zero-order valence-electron chi connectivity index (χ0n) is 8.26. The molecule has 1 aromatic carbocycles. The van der Waals surface area contributed by atoms with Crippen LogP contribution >= 0.6 is 27.5 Å². The molecule has 0 aliphatic heterocycles. The summed E-state index contributed by atoms with van der Waals surface area (Å²) in [6.07, 6.45) is 3.89. The molecule has 0 spiro atoms. The van der Waals surface area contributed by atoms with Crippen LogP contribution in [0.1, 0.15) is 24.8 Å². The molecule has 0 amide bonds. The van der Waals surface area contributed by atoms with E-state index < -0.39 is 0 Å². The molecule has 2 rings (SSSR count). The highest BCUT2D eigenvalue weighted by Gasteiger charge is 2.37. The lowest BCUT2D eigenvalue weighted by molar-refractivity contribution is 0.464. The minimum atomic E-state index is 0.0198. The Morgan fingerprint density at radius 3 is 2.73 bits per heavy atom. The van der Waals surface area contributed by atoms with Gasteiger partial charge in [-0.15, -0.1) is 0 Å². The van der Waals surface area contributed by atoms with Crippen molar-refractivity contribution >= 4 is 27.5 Å². The average Bonchev–Trinajstić information content (AvgIpc) is 2.93. The van der Waals surface area contributed by atoms with Crippen molar-refractivity contribution in [3.05, 3.63) is 27.2 Å². The van der Waals surface area contributed by atoms with Crippen LogP contribution < -0.4 is 5.73 Å². The zero-order valence-corrected chi connectivity index (χ0v) is 10.6. The number of rotatable bonds is 3. The zero-order chi connectivity index (χ0) is 11.1. The summed E-state index contributed by atoms with van der Waals surface area (Å²) in [5, 5.41) is 10.2. The molecule has 1 saturated carbocycles. The Bertz CT molecular complexity index is 390. The van der Waals surface area contributed by atoms with E-state index >= 15 is 0 Å². The van der Waals surface area contributed by atoms with Gasteiger partial charge in [0.2, 0.25) is 0 Å². The third-order valence-electron chi connectivity index (χ3n) is 2.94. The average molecular weight is 291 g/mol. The third kappa shape index (κ3) is 2.47. The maximum atomic E-state index is 9.79. The number of phenolic OH excluding ortho intramolecular Hbond substituents is 1. The summed E-state index contributed by atoms with van der Waals surface area (Å²) in [6.45, 7) is 0. The maximum absolute atomic E-state index is 9.79. The van der Waals surface area contributed by atoms with E-state index in [0.29, 0.717) is 5.02 Å². The van der Waals surface area contributed by atoms with Gasteiger partial charge in [-0.05, 0) is 53.2 Å². The van der Waals surface area contributed by atoms with E-state index in [1.165, 1.54) is 0 Å². The summed E-state index contributed by atoms with van der Waals surface area (Å²) in [4.78, 5) is 0. The Morgan fingerprint density at radius 1 is 1.47 bits per heavy atom. The van der Waals surface area contributed by atoms with Gasteiger partial charge in [-0.3, -0.25) is 0 Å². The highest BCUT2D eigenvalue weighted by molar-refractivity contribution is 9.10. The van der Waals surface area contributed by atoms with Gasteiger partial charge in [-0.1, -0.05) is 17.7 Å². The number of hydrogen-bond donors (Lipinski definition) is 2. The standard InChI is InChI=1S/C11H13BrClNO/c12-8-2-1-7(10(15)9(8)13)3-4-11(14)5-6-11/h1-2,15H,3-6,14H2. The molecule has 1 aliphatic carbocycles. The van der Waals surface area contributed by atoms with Crippen LogP contribution in [0.25, 0.3) is 0 Å². The first-order valence-corrected chi connectivity index (χ1v) is 6.14. The quantitative estimate of drug-likeness (QED) is 0.898. The monoisotopic (exact) mass is 289 g/mol. The molecule has 0 unspecified atom stereocenters. The first-order valence-electron chi connectivity index (χ1n) is 4.97. The Hall–Kier alpha value is -0.250. The summed E-state index contributed by atoms with van der Waals surface area (Å²) in [7, 11) is 0. The van der Waals surface area contributed by atoms with Crippen LogP contribution in [0, 0.1) is 0 Å². The van der Waals surface area contributed by atoms with Gasteiger partial charge in [0.25, 0.3) is 0 Å². The van der Waals surface area contributed by atoms with E-state index in [1.54, 1.807) is 0 Å². The molecule has 1 aliphatic rings. The Labute approximate surface area is 103 Å². The predicted octanol–water partition coefficient (Wildman–Crippen LogP) is 3.23. The molecule has 0 atom stereocenters. The molecule has 82 valence electrons. The second-order valence-electron chi connectivity index (χ2n) is 4.23. The number of halogens is 2. The Morgan fingerprint density at radius 2 is 2.13 bits per heavy atom. The van der Waals surface area contributed by atoms with Crippen molar-refractivity contribution in [1.29, 1.82) is 0 Å². The molecule has 0 saturated heterocycles. The predicted molar refractivity (Wildman–Crippen MR) is 65.3 cm³/mol. The smallest absolute Gasteiger partial charge is 0.138 e. The fourth-order valence-corrected chi connectivity index (χ4v) is 2.08. The molecule has 0 radical (unpaired) electrons. The lowest BCUT2D eigenvalue weighted by Crippen LogP contribution is -2.22. The van der Waals surface area contributed by atoms with E-state index in [0.717, 1.165) is 35.7 Å². The van der Waals surface area contributed by atoms with E-state index in [9.17, 15) is 5.11 Å². The third-order valence-corrected chi connectivity index (χ3v) is 4.21. The summed E-state index contributed by atoms with van der Waals surface area (Å²) < 4.78 is 0.722. The fourth-order valence-electron chi connectivity index (χ4n) is 1.58. The molecule has 0 aromatic heterocycles. The molecule has 2 nitrogen and oxygen atoms in total. The molecular formula is C11H13BrClNO. The molecule has 4 heteroatoms. The van der Waals surface area contributed by atoms with Crippen molar-refractivity contribution in [3.63, 3.8) is 0 Å². The lowest BCUT2D eigenvalue weighted by Gasteiger charge is -2.10. The van der Waals surface area contributed by atoms with E-state index in [1.807, 2.05) is 12.1 Å². The Balaban J connectivity index is 2.11. The van der Waals surface area contributed by atoms with Gasteiger partial charge in [0.1, 0.15) is 5.75 Å². The highest BCUT2D eigenvalue weighted by Crippen LogP contribution is 2.39. The number of hydrogen-bond acceptors (Lipinski definition) is 2. The summed E-state index contributed by atoms with van der Waals surface area (Å²) >= 11 is 9.19. The molecule has 1 aromatic rings. The number of aryl methyl sites for hydroxylation is 1.